The number of benzene rings is 2. The van der Waals surface area contributed by atoms with Gasteiger partial charge in [-0.1, -0.05) is 53.2 Å². The number of nitrogens with one attached hydrogen (secondary N) is 3. The molecule has 0 bridgehead atoms. The minimum atomic E-state index is -0.297. The van der Waals surface area contributed by atoms with Crippen LogP contribution in [0, 0.1) is 0 Å². The van der Waals surface area contributed by atoms with Crippen LogP contribution >= 0.6 is 27.7 Å². The highest BCUT2D eigenvalue weighted by Crippen LogP contribution is 2.21. The third kappa shape index (κ3) is 5.14. The molecule has 1 aliphatic heterocycles. The second kappa shape index (κ2) is 9.10. The Labute approximate surface area is 171 Å². The van der Waals surface area contributed by atoms with Crippen LogP contribution in [0.3, 0.4) is 0 Å². The van der Waals surface area contributed by atoms with Crippen LogP contribution in [0.15, 0.2) is 70.5 Å². The van der Waals surface area contributed by atoms with Gasteiger partial charge in [0, 0.05) is 21.5 Å². The predicted octanol–water partition coefficient (Wildman–Crippen LogP) is 3.74. The maximum Gasteiger partial charge on any atom is 0.271 e. The largest absolute Gasteiger partial charge is 0.358 e. The number of carbonyl (C=O) groups is 2. The minimum Gasteiger partial charge on any atom is -0.358 e. The average Bonchev–Trinajstić information content (AvgIpc) is 2.69. The van der Waals surface area contributed by atoms with E-state index in [1.54, 1.807) is 36.0 Å². The van der Waals surface area contributed by atoms with Gasteiger partial charge < -0.3 is 16.0 Å². The van der Waals surface area contributed by atoms with Crippen molar-refractivity contribution in [1.82, 2.24) is 16.0 Å². The Morgan fingerprint density at radius 2 is 1.81 bits per heavy atom. The molecule has 2 amide bonds. The zero-order valence-electron chi connectivity index (χ0n) is 14.8. The van der Waals surface area contributed by atoms with Crippen LogP contribution in [0.5, 0.6) is 0 Å². The molecule has 2 aromatic rings. The Kier molecular flexibility index (Phi) is 6.58. The van der Waals surface area contributed by atoms with Crippen LogP contribution in [0.4, 0.5) is 0 Å². The summed E-state index contributed by atoms with van der Waals surface area (Å²) in [6.07, 6.45) is 0.618. The van der Waals surface area contributed by atoms with Gasteiger partial charge in [-0.2, -0.15) is 0 Å². The van der Waals surface area contributed by atoms with Gasteiger partial charge in [0.05, 0.1) is 0 Å². The molecular formula is C20H20BrN3O2S. The van der Waals surface area contributed by atoms with E-state index in [1.165, 1.54) is 5.56 Å². The SMILES string of the molecule is CCC1=C(NC(=O)c2ccccc2)C(=O)NC(SCc2ccc(Br)cc2)N1. The molecule has 1 atom stereocenters. The molecule has 0 saturated carbocycles. The Morgan fingerprint density at radius 3 is 2.48 bits per heavy atom. The van der Waals surface area contributed by atoms with E-state index in [2.05, 4.69) is 31.9 Å². The molecule has 0 radical (unpaired) electrons. The summed E-state index contributed by atoms with van der Waals surface area (Å²) in [5, 5.41) is 8.95. The summed E-state index contributed by atoms with van der Waals surface area (Å²) in [5.74, 6) is 0.186. The van der Waals surface area contributed by atoms with Crippen molar-refractivity contribution in [3.63, 3.8) is 0 Å². The zero-order valence-corrected chi connectivity index (χ0v) is 17.2. The Hall–Kier alpha value is -2.25. The Balaban J connectivity index is 1.66. The topological polar surface area (TPSA) is 70.2 Å². The first-order valence-corrected chi connectivity index (χ1v) is 10.4. The van der Waals surface area contributed by atoms with E-state index < -0.39 is 0 Å². The molecule has 7 heteroatoms. The summed E-state index contributed by atoms with van der Waals surface area (Å²) < 4.78 is 1.04. The summed E-state index contributed by atoms with van der Waals surface area (Å²) in [6, 6.07) is 16.9. The lowest BCUT2D eigenvalue weighted by Gasteiger charge is -2.29. The van der Waals surface area contributed by atoms with E-state index in [-0.39, 0.29) is 23.0 Å². The summed E-state index contributed by atoms with van der Waals surface area (Å²) in [5.41, 5.74) is 2.46. The number of allylic oxidation sites excluding steroid dienone is 1. The van der Waals surface area contributed by atoms with Gasteiger partial charge in [0.25, 0.3) is 11.8 Å². The Bertz CT molecular complexity index is 853. The fourth-order valence-electron chi connectivity index (χ4n) is 2.62. The van der Waals surface area contributed by atoms with Crippen LogP contribution < -0.4 is 16.0 Å². The molecule has 2 aromatic carbocycles. The van der Waals surface area contributed by atoms with Gasteiger partial charge in [0.1, 0.15) is 11.2 Å². The van der Waals surface area contributed by atoms with Crippen LogP contribution in [0.1, 0.15) is 29.3 Å². The molecule has 1 heterocycles. The molecule has 140 valence electrons. The number of halogens is 1. The summed E-state index contributed by atoms with van der Waals surface area (Å²) in [7, 11) is 0. The highest BCUT2D eigenvalue weighted by Gasteiger charge is 2.27. The maximum atomic E-state index is 12.6. The maximum absolute atomic E-state index is 12.6. The van der Waals surface area contributed by atoms with E-state index in [1.807, 2.05) is 37.3 Å². The highest BCUT2D eigenvalue weighted by atomic mass is 79.9. The number of hydrogen-bond donors (Lipinski definition) is 3. The molecule has 1 unspecified atom stereocenters. The third-order valence-corrected chi connectivity index (χ3v) is 5.65. The number of amides is 2. The normalized spacial score (nSPS) is 16.5. The van der Waals surface area contributed by atoms with E-state index in [0.29, 0.717) is 12.0 Å². The number of thioether (sulfide) groups is 1. The van der Waals surface area contributed by atoms with Crippen LogP contribution in [-0.2, 0) is 10.5 Å². The average molecular weight is 446 g/mol. The van der Waals surface area contributed by atoms with Crippen molar-refractivity contribution >= 4 is 39.5 Å². The molecule has 0 aliphatic carbocycles. The first-order chi connectivity index (χ1) is 13.1. The van der Waals surface area contributed by atoms with Gasteiger partial charge >= 0.3 is 0 Å². The van der Waals surface area contributed by atoms with Crippen molar-refractivity contribution in [2.45, 2.75) is 24.6 Å². The van der Waals surface area contributed by atoms with E-state index >= 15 is 0 Å². The number of carbonyl (C=O) groups excluding carboxylic acids is 2. The molecule has 0 fully saturated rings. The van der Waals surface area contributed by atoms with Gasteiger partial charge in [0.15, 0.2) is 0 Å². The fraction of sp³-hybridized carbons (Fsp3) is 0.200. The standard InChI is InChI=1S/C20H20BrN3O2S/c1-2-16-17(23-18(25)14-6-4-3-5-7-14)19(26)24-20(22-16)27-12-13-8-10-15(21)11-9-13/h3-11,20,22H,2,12H2,1H3,(H,23,25)(H,24,26). The van der Waals surface area contributed by atoms with Crippen molar-refractivity contribution in [2.75, 3.05) is 0 Å². The summed E-state index contributed by atoms with van der Waals surface area (Å²) in [6.45, 7) is 1.95. The van der Waals surface area contributed by atoms with Crippen LogP contribution in [0.25, 0.3) is 0 Å². The van der Waals surface area contributed by atoms with Gasteiger partial charge in [-0.15, -0.1) is 11.8 Å². The molecule has 0 saturated heterocycles. The van der Waals surface area contributed by atoms with Crippen molar-refractivity contribution in [1.29, 1.82) is 0 Å². The summed E-state index contributed by atoms with van der Waals surface area (Å²) in [4.78, 5) is 24.9. The predicted molar refractivity (Wildman–Crippen MR) is 112 cm³/mol. The second-order valence-electron chi connectivity index (χ2n) is 5.96. The third-order valence-electron chi connectivity index (χ3n) is 4.05. The van der Waals surface area contributed by atoms with Gasteiger partial charge in [-0.05, 0) is 36.2 Å². The van der Waals surface area contributed by atoms with Crippen molar-refractivity contribution in [3.05, 3.63) is 81.6 Å². The lowest BCUT2D eigenvalue weighted by Crippen LogP contribution is -2.52. The van der Waals surface area contributed by atoms with Crippen LogP contribution in [0.2, 0.25) is 0 Å². The first-order valence-electron chi connectivity index (χ1n) is 8.60. The monoisotopic (exact) mass is 445 g/mol. The molecule has 1 aliphatic rings. The second-order valence-corrected chi connectivity index (χ2v) is 7.97. The van der Waals surface area contributed by atoms with E-state index in [4.69, 9.17) is 0 Å². The Morgan fingerprint density at radius 1 is 1.11 bits per heavy atom. The van der Waals surface area contributed by atoms with Crippen LogP contribution in [-0.4, -0.2) is 17.3 Å². The molecule has 5 nitrogen and oxygen atoms in total. The lowest BCUT2D eigenvalue weighted by molar-refractivity contribution is -0.118. The minimum absolute atomic E-state index is 0.242. The summed E-state index contributed by atoms with van der Waals surface area (Å²) >= 11 is 5.02. The molecule has 27 heavy (non-hydrogen) atoms. The van der Waals surface area contributed by atoms with Gasteiger partial charge in [-0.25, -0.2) is 0 Å². The molecule has 0 spiro atoms. The van der Waals surface area contributed by atoms with Gasteiger partial charge in [0.2, 0.25) is 0 Å². The first kappa shape index (κ1) is 19.5. The molecule has 0 aromatic heterocycles. The van der Waals surface area contributed by atoms with Crippen molar-refractivity contribution < 1.29 is 9.59 Å². The highest BCUT2D eigenvalue weighted by molar-refractivity contribution is 9.10. The number of rotatable bonds is 6. The zero-order chi connectivity index (χ0) is 19.2. The van der Waals surface area contributed by atoms with E-state index in [9.17, 15) is 9.59 Å². The van der Waals surface area contributed by atoms with Gasteiger partial charge in [-0.3, -0.25) is 9.59 Å². The molecular weight excluding hydrogens is 426 g/mol. The fourth-order valence-corrected chi connectivity index (χ4v) is 3.86. The molecule has 3 N–H and O–H groups in total. The number of hydrogen-bond acceptors (Lipinski definition) is 4. The quantitative estimate of drug-likeness (QED) is 0.633. The van der Waals surface area contributed by atoms with Crippen molar-refractivity contribution in [2.24, 2.45) is 0 Å². The smallest absolute Gasteiger partial charge is 0.271 e. The van der Waals surface area contributed by atoms with Crippen molar-refractivity contribution in [3.8, 4) is 0 Å². The van der Waals surface area contributed by atoms with E-state index in [0.717, 1.165) is 15.9 Å². The molecule has 3 rings (SSSR count). The lowest BCUT2D eigenvalue weighted by atomic mass is 10.2.